The Balaban J connectivity index is 2.07. The van der Waals surface area contributed by atoms with E-state index in [-0.39, 0.29) is 0 Å². The van der Waals surface area contributed by atoms with Crippen molar-refractivity contribution < 1.29 is 4.74 Å². The molecule has 1 aliphatic carbocycles. The summed E-state index contributed by atoms with van der Waals surface area (Å²) in [4.78, 5) is 0. The zero-order valence-corrected chi connectivity index (χ0v) is 7.84. The van der Waals surface area contributed by atoms with E-state index in [2.05, 4.69) is 13.8 Å². The summed E-state index contributed by atoms with van der Waals surface area (Å²) in [6, 6.07) is 0.352. The predicted molar refractivity (Wildman–Crippen MR) is 48.5 cm³/mol. The van der Waals surface area contributed by atoms with Crippen LogP contribution in [0.3, 0.4) is 0 Å². The first kappa shape index (κ1) is 8.11. The van der Waals surface area contributed by atoms with E-state index in [0.29, 0.717) is 17.4 Å². The van der Waals surface area contributed by atoms with Gasteiger partial charge in [0.25, 0.3) is 0 Å². The molecule has 2 heteroatoms. The van der Waals surface area contributed by atoms with Gasteiger partial charge in [-0.2, -0.15) is 0 Å². The molecule has 2 unspecified atom stereocenters. The number of rotatable bonds is 1. The Kier molecular flexibility index (Phi) is 1.69. The van der Waals surface area contributed by atoms with Crippen LogP contribution < -0.4 is 5.73 Å². The molecule has 1 aliphatic heterocycles. The lowest BCUT2D eigenvalue weighted by Crippen LogP contribution is -2.08. The highest BCUT2D eigenvalue weighted by Crippen LogP contribution is 2.55. The molecule has 0 aromatic rings. The van der Waals surface area contributed by atoms with Gasteiger partial charge in [-0.3, -0.25) is 0 Å². The summed E-state index contributed by atoms with van der Waals surface area (Å²) in [7, 11) is 0. The molecule has 1 saturated carbocycles. The predicted octanol–water partition coefficient (Wildman–Crippen LogP) is 1.66. The maximum atomic E-state index is 5.98. The van der Waals surface area contributed by atoms with E-state index in [0.717, 1.165) is 13.0 Å². The number of hydrogen-bond donors (Lipinski definition) is 1. The monoisotopic (exact) mass is 167 g/mol. The molecule has 0 radical (unpaired) electrons. The van der Waals surface area contributed by atoms with Crippen molar-refractivity contribution in [1.29, 1.82) is 0 Å². The normalized spacial score (nSPS) is 38.4. The highest BCUT2D eigenvalue weighted by Gasteiger charge is 2.57. The van der Waals surface area contributed by atoms with E-state index in [9.17, 15) is 0 Å². The fourth-order valence-corrected chi connectivity index (χ4v) is 2.20. The minimum Gasteiger partial charge on any atom is -0.501 e. The molecule has 0 aromatic heterocycles. The Bertz CT molecular complexity index is 220. The molecule has 0 amide bonds. The van der Waals surface area contributed by atoms with Crippen molar-refractivity contribution in [1.82, 2.24) is 0 Å². The largest absolute Gasteiger partial charge is 0.501 e. The number of nitrogens with two attached hydrogens (primary N) is 1. The van der Waals surface area contributed by atoms with E-state index >= 15 is 0 Å². The Labute approximate surface area is 73.8 Å². The topological polar surface area (TPSA) is 35.2 Å². The molecule has 0 saturated heterocycles. The van der Waals surface area contributed by atoms with E-state index in [1.165, 1.54) is 12.0 Å². The zero-order chi connectivity index (χ0) is 8.77. The maximum Gasteiger partial charge on any atom is 0.0876 e. The van der Waals surface area contributed by atoms with Crippen molar-refractivity contribution in [3.63, 3.8) is 0 Å². The minimum absolute atomic E-state index is 0.312. The lowest BCUT2D eigenvalue weighted by atomic mass is 10.00. The van der Waals surface area contributed by atoms with Crippen LogP contribution in [-0.4, -0.2) is 12.6 Å². The molecule has 12 heavy (non-hydrogen) atoms. The van der Waals surface area contributed by atoms with Crippen molar-refractivity contribution in [3.8, 4) is 0 Å². The quantitative estimate of drug-likeness (QED) is 0.644. The second-order valence-electron chi connectivity index (χ2n) is 4.49. The minimum atomic E-state index is 0.312. The van der Waals surface area contributed by atoms with E-state index < -0.39 is 0 Å². The van der Waals surface area contributed by atoms with Crippen molar-refractivity contribution in [3.05, 3.63) is 11.8 Å². The van der Waals surface area contributed by atoms with Crippen LogP contribution in [0.5, 0.6) is 0 Å². The third-order valence-electron chi connectivity index (χ3n) is 3.27. The van der Waals surface area contributed by atoms with Crippen molar-refractivity contribution in [2.45, 2.75) is 32.7 Å². The van der Waals surface area contributed by atoms with Gasteiger partial charge in [-0.25, -0.2) is 0 Å². The van der Waals surface area contributed by atoms with Crippen LogP contribution in [0.2, 0.25) is 0 Å². The summed E-state index contributed by atoms with van der Waals surface area (Å²) in [5.41, 5.74) is 7.72. The molecule has 2 rings (SSSR count). The average Bonchev–Trinajstić information content (AvgIpc) is 2.53. The maximum absolute atomic E-state index is 5.98. The first-order valence-electron chi connectivity index (χ1n) is 4.70. The first-order valence-corrected chi connectivity index (χ1v) is 4.70. The average molecular weight is 167 g/mol. The van der Waals surface area contributed by atoms with Gasteiger partial charge in [-0.1, -0.05) is 13.8 Å². The summed E-state index contributed by atoms with van der Waals surface area (Å²) in [5, 5.41) is 0. The standard InChI is InChI=1S/C10H17NO/c1-10(2)8(9(10)11)7-4-3-5-12-6-7/h6,8-9H,3-5,11H2,1-2H3. The molecule has 2 nitrogen and oxygen atoms in total. The van der Waals surface area contributed by atoms with Gasteiger partial charge >= 0.3 is 0 Å². The SMILES string of the molecule is CC1(C)C(N)C1C1=COCCC1. The molecule has 1 fully saturated rings. The van der Waals surface area contributed by atoms with E-state index in [1.807, 2.05) is 6.26 Å². The number of hydrogen-bond acceptors (Lipinski definition) is 2. The molecule has 0 bridgehead atoms. The Morgan fingerprint density at radius 2 is 2.25 bits per heavy atom. The van der Waals surface area contributed by atoms with Gasteiger partial charge < -0.3 is 10.5 Å². The Morgan fingerprint density at radius 1 is 1.58 bits per heavy atom. The summed E-state index contributed by atoms with van der Waals surface area (Å²) in [5.74, 6) is 0.581. The van der Waals surface area contributed by atoms with Crippen LogP contribution in [0, 0.1) is 11.3 Å². The van der Waals surface area contributed by atoms with E-state index in [1.54, 1.807) is 0 Å². The second kappa shape index (κ2) is 2.49. The summed E-state index contributed by atoms with van der Waals surface area (Å²) < 4.78 is 5.31. The van der Waals surface area contributed by atoms with Crippen LogP contribution in [0.4, 0.5) is 0 Å². The zero-order valence-electron chi connectivity index (χ0n) is 7.84. The lowest BCUT2D eigenvalue weighted by Gasteiger charge is -2.14. The van der Waals surface area contributed by atoms with E-state index in [4.69, 9.17) is 10.5 Å². The van der Waals surface area contributed by atoms with Crippen LogP contribution in [0.15, 0.2) is 11.8 Å². The molecule has 68 valence electrons. The van der Waals surface area contributed by atoms with Gasteiger partial charge in [0.05, 0.1) is 12.9 Å². The molecule has 0 spiro atoms. The Morgan fingerprint density at radius 3 is 2.67 bits per heavy atom. The first-order chi connectivity index (χ1) is 5.64. The van der Waals surface area contributed by atoms with Crippen LogP contribution >= 0.6 is 0 Å². The van der Waals surface area contributed by atoms with Crippen molar-refractivity contribution in [2.75, 3.05) is 6.61 Å². The van der Waals surface area contributed by atoms with Crippen LogP contribution in [-0.2, 0) is 4.74 Å². The molecule has 2 atom stereocenters. The summed E-state index contributed by atoms with van der Waals surface area (Å²) >= 11 is 0. The van der Waals surface area contributed by atoms with Gasteiger partial charge in [0, 0.05) is 12.0 Å². The van der Waals surface area contributed by atoms with Gasteiger partial charge in [0.15, 0.2) is 0 Å². The molecule has 2 aliphatic rings. The van der Waals surface area contributed by atoms with Gasteiger partial charge in [0.1, 0.15) is 0 Å². The molecule has 1 heterocycles. The van der Waals surface area contributed by atoms with Gasteiger partial charge in [-0.05, 0) is 23.8 Å². The fourth-order valence-electron chi connectivity index (χ4n) is 2.20. The summed E-state index contributed by atoms with van der Waals surface area (Å²) in [6.07, 6.45) is 4.27. The molecule has 2 N–H and O–H groups in total. The third-order valence-corrected chi connectivity index (χ3v) is 3.27. The fraction of sp³-hybridized carbons (Fsp3) is 0.800. The lowest BCUT2D eigenvalue weighted by molar-refractivity contribution is 0.220. The van der Waals surface area contributed by atoms with Crippen molar-refractivity contribution >= 4 is 0 Å². The molecular formula is C10H17NO. The van der Waals surface area contributed by atoms with Crippen molar-refractivity contribution in [2.24, 2.45) is 17.1 Å². The molecular weight excluding hydrogens is 150 g/mol. The van der Waals surface area contributed by atoms with Crippen LogP contribution in [0.25, 0.3) is 0 Å². The molecule has 0 aromatic carbocycles. The highest BCUT2D eigenvalue weighted by molar-refractivity contribution is 5.26. The second-order valence-corrected chi connectivity index (χ2v) is 4.49. The number of ether oxygens (including phenoxy) is 1. The Hall–Kier alpha value is -0.500. The third kappa shape index (κ3) is 1.06. The van der Waals surface area contributed by atoms with Gasteiger partial charge in [0.2, 0.25) is 0 Å². The smallest absolute Gasteiger partial charge is 0.0876 e. The highest BCUT2D eigenvalue weighted by atomic mass is 16.5. The summed E-state index contributed by atoms with van der Waals surface area (Å²) in [6.45, 7) is 5.35. The van der Waals surface area contributed by atoms with Crippen LogP contribution in [0.1, 0.15) is 26.7 Å². The van der Waals surface area contributed by atoms with Gasteiger partial charge in [-0.15, -0.1) is 0 Å².